The number of halogens is 1. The maximum absolute atomic E-state index is 3.66. The van der Waals surface area contributed by atoms with Gasteiger partial charge >= 0.3 is 0 Å². The van der Waals surface area contributed by atoms with E-state index < -0.39 is 0 Å². The van der Waals surface area contributed by atoms with Crippen molar-refractivity contribution in [2.45, 2.75) is 40.0 Å². The predicted molar refractivity (Wildman–Crippen MR) is 71.7 cm³/mol. The normalized spacial score (nSPS) is 14.9. The van der Waals surface area contributed by atoms with Crippen molar-refractivity contribution >= 4 is 15.9 Å². The van der Waals surface area contributed by atoms with E-state index in [9.17, 15) is 0 Å². The Labute approximate surface area is 102 Å². The highest BCUT2D eigenvalue weighted by Gasteiger charge is 2.22. The molecule has 84 valence electrons. The molecule has 0 N–H and O–H groups in total. The highest BCUT2D eigenvalue weighted by molar-refractivity contribution is 9.09. The fourth-order valence-corrected chi connectivity index (χ4v) is 2.55. The van der Waals surface area contributed by atoms with Crippen LogP contribution >= 0.6 is 15.9 Å². The maximum Gasteiger partial charge on any atom is 0.00885 e. The molecular formula is C14H21Br. The summed E-state index contributed by atoms with van der Waals surface area (Å²) in [7, 11) is 0. The third-order valence-corrected chi connectivity index (χ3v) is 4.41. The molecule has 0 aliphatic rings. The van der Waals surface area contributed by atoms with Gasteiger partial charge in [0.1, 0.15) is 0 Å². The van der Waals surface area contributed by atoms with E-state index in [1.807, 2.05) is 0 Å². The second kappa shape index (κ2) is 5.69. The van der Waals surface area contributed by atoms with Crippen LogP contribution in [0.25, 0.3) is 0 Å². The Morgan fingerprint density at radius 2 is 1.93 bits per heavy atom. The molecule has 0 aliphatic heterocycles. The molecule has 0 aromatic heterocycles. The van der Waals surface area contributed by atoms with Crippen LogP contribution in [-0.4, -0.2) is 5.33 Å². The summed E-state index contributed by atoms with van der Waals surface area (Å²) in [5.41, 5.74) is 3.31. The van der Waals surface area contributed by atoms with Gasteiger partial charge in [0.05, 0.1) is 0 Å². The zero-order valence-electron chi connectivity index (χ0n) is 10.0. The number of hydrogen-bond acceptors (Lipinski definition) is 0. The number of alkyl halides is 1. The fourth-order valence-electron chi connectivity index (χ4n) is 2.07. The van der Waals surface area contributed by atoms with E-state index in [0.29, 0.717) is 5.41 Å². The van der Waals surface area contributed by atoms with Crippen LogP contribution in [0.15, 0.2) is 24.3 Å². The molecule has 0 heterocycles. The minimum Gasteiger partial charge on any atom is -0.0922 e. The Hall–Kier alpha value is -0.300. The van der Waals surface area contributed by atoms with E-state index in [0.717, 1.165) is 5.33 Å². The van der Waals surface area contributed by atoms with E-state index in [2.05, 4.69) is 61.0 Å². The maximum atomic E-state index is 3.66. The lowest BCUT2D eigenvalue weighted by molar-refractivity contribution is 0.340. The smallest absolute Gasteiger partial charge is 0.00885 e. The van der Waals surface area contributed by atoms with E-state index in [-0.39, 0.29) is 0 Å². The van der Waals surface area contributed by atoms with Gasteiger partial charge in [0.25, 0.3) is 0 Å². The van der Waals surface area contributed by atoms with Gasteiger partial charge in [-0.2, -0.15) is 0 Å². The van der Waals surface area contributed by atoms with E-state index >= 15 is 0 Å². The first-order valence-corrected chi connectivity index (χ1v) is 6.84. The molecule has 1 heteroatoms. The lowest BCUT2D eigenvalue weighted by atomic mass is 9.81. The molecule has 1 aromatic rings. The third-order valence-electron chi connectivity index (χ3n) is 3.05. The molecule has 1 unspecified atom stereocenters. The van der Waals surface area contributed by atoms with E-state index in [1.165, 1.54) is 30.4 Å². The van der Waals surface area contributed by atoms with Gasteiger partial charge in [-0.1, -0.05) is 60.5 Å². The van der Waals surface area contributed by atoms with Crippen molar-refractivity contribution in [3.63, 3.8) is 0 Å². The fraction of sp³-hybridized carbons (Fsp3) is 0.571. The molecule has 0 spiro atoms. The zero-order chi connectivity index (χ0) is 11.3. The van der Waals surface area contributed by atoms with Gasteiger partial charge in [-0.05, 0) is 36.3 Å². The Morgan fingerprint density at radius 1 is 1.27 bits per heavy atom. The summed E-state index contributed by atoms with van der Waals surface area (Å²) in [6.45, 7) is 6.84. The summed E-state index contributed by atoms with van der Waals surface area (Å²) < 4.78 is 0. The molecule has 0 bridgehead atoms. The van der Waals surface area contributed by atoms with Crippen molar-refractivity contribution < 1.29 is 0 Å². The quantitative estimate of drug-likeness (QED) is 0.677. The van der Waals surface area contributed by atoms with Crippen LogP contribution < -0.4 is 0 Å². The SMILES string of the molecule is CCCC(C)(CBr)Cc1ccccc1C. The van der Waals surface area contributed by atoms with Crippen molar-refractivity contribution in [2.24, 2.45) is 5.41 Å². The summed E-state index contributed by atoms with van der Waals surface area (Å²) in [4.78, 5) is 0. The van der Waals surface area contributed by atoms with Crippen LogP contribution in [0.2, 0.25) is 0 Å². The van der Waals surface area contributed by atoms with E-state index in [1.54, 1.807) is 0 Å². The Morgan fingerprint density at radius 3 is 2.47 bits per heavy atom. The van der Waals surface area contributed by atoms with Crippen molar-refractivity contribution in [3.05, 3.63) is 35.4 Å². The third kappa shape index (κ3) is 3.64. The van der Waals surface area contributed by atoms with Gasteiger partial charge < -0.3 is 0 Å². The standard InChI is InChI=1S/C14H21Br/c1-4-9-14(3,11-15)10-13-8-6-5-7-12(13)2/h5-8H,4,9-11H2,1-3H3. The number of benzene rings is 1. The van der Waals surface area contributed by atoms with Gasteiger partial charge in [-0.15, -0.1) is 0 Å². The average Bonchev–Trinajstić information content (AvgIpc) is 2.22. The summed E-state index contributed by atoms with van der Waals surface area (Å²) in [6, 6.07) is 8.72. The summed E-state index contributed by atoms with van der Waals surface area (Å²) in [5, 5.41) is 1.09. The molecule has 15 heavy (non-hydrogen) atoms. The second-order valence-corrected chi connectivity index (χ2v) is 5.36. The molecule has 1 aromatic carbocycles. The average molecular weight is 269 g/mol. The van der Waals surface area contributed by atoms with Gasteiger partial charge in [0.2, 0.25) is 0 Å². The first-order valence-electron chi connectivity index (χ1n) is 5.72. The van der Waals surface area contributed by atoms with Crippen molar-refractivity contribution in [1.29, 1.82) is 0 Å². The first-order chi connectivity index (χ1) is 7.11. The zero-order valence-corrected chi connectivity index (χ0v) is 11.6. The van der Waals surface area contributed by atoms with Crippen LogP contribution in [0.1, 0.15) is 37.8 Å². The molecule has 0 amide bonds. The molecule has 1 atom stereocenters. The molecule has 0 fully saturated rings. The van der Waals surface area contributed by atoms with Gasteiger partial charge in [0.15, 0.2) is 0 Å². The lowest BCUT2D eigenvalue weighted by Gasteiger charge is -2.27. The molecule has 1 rings (SSSR count). The number of rotatable bonds is 5. The van der Waals surface area contributed by atoms with Gasteiger partial charge in [-0.3, -0.25) is 0 Å². The Bertz CT molecular complexity index is 306. The summed E-state index contributed by atoms with van der Waals surface area (Å²) in [5.74, 6) is 0. The molecular weight excluding hydrogens is 248 g/mol. The lowest BCUT2D eigenvalue weighted by Crippen LogP contribution is -2.21. The molecule has 0 nitrogen and oxygen atoms in total. The van der Waals surface area contributed by atoms with E-state index in [4.69, 9.17) is 0 Å². The molecule has 0 aliphatic carbocycles. The van der Waals surface area contributed by atoms with Gasteiger partial charge in [0, 0.05) is 5.33 Å². The van der Waals surface area contributed by atoms with Gasteiger partial charge in [-0.25, -0.2) is 0 Å². The largest absolute Gasteiger partial charge is 0.0922 e. The topological polar surface area (TPSA) is 0 Å². The molecule has 0 saturated heterocycles. The van der Waals surface area contributed by atoms with Crippen molar-refractivity contribution in [1.82, 2.24) is 0 Å². The molecule has 0 saturated carbocycles. The van der Waals surface area contributed by atoms with Crippen LogP contribution in [0.4, 0.5) is 0 Å². The van der Waals surface area contributed by atoms with Crippen LogP contribution in [0, 0.1) is 12.3 Å². The van der Waals surface area contributed by atoms with Crippen molar-refractivity contribution in [3.8, 4) is 0 Å². The second-order valence-electron chi connectivity index (χ2n) is 4.80. The first kappa shape index (κ1) is 12.8. The summed E-state index contributed by atoms with van der Waals surface area (Å²) in [6.07, 6.45) is 3.72. The number of aryl methyl sites for hydroxylation is 1. The van der Waals surface area contributed by atoms with Crippen LogP contribution in [-0.2, 0) is 6.42 Å². The minimum atomic E-state index is 0.404. The van der Waals surface area contributed by atoms with Crippen LogP contribution in [0.3, 0.4) is 0 Å². The molecule has 0 radical (unpaired) electrons. The van der Waals surface area contributed by atoms with Crippen molar-refractivity contribution in [2.75, 3.05) is 5.33 Å². The minimum absolute atomic E-state index is 0.404. The monoisotopic (exact) mass is 268 g/mol. The predicted octanol–water partition coefficient (Wildman–Crippen LogP) is 4.74. The highest BCUT2D eigenvalue weighted by Crippen LogP contribution is 2.31. The van der Waals surface area contributed by atoms with Crippen LogP contribution in [0.5, 0.6) is 0 Å². The Kier molecular flexibility index (Phi) is 4.85. The summed E-state index contributed by atoms with van der Waals surface area (Å²) >= 11 is 3.66. The number of hydrogen-bond donors (Lipinski definition) is 0. The Balaban J connectivity index is 2.79. The highest BCUT2D eigenvalue weighted by atomic mass is 79.9.